The van der Waals surface area contributed by atoms with Crippen molar-refractivity contribution in [2.75, 3.05) is 18.6 Å². The fourth-order valence-electron chi connectivity index (χ4n) is 4.56. The smallest absolute Gasteiger partial charge is 0.332 e. The fraction of sp³-hybridized carbons (Fsp3) is 0.292. The van der Waals surface area contributed by atoms with Crippen LogP contribution in [0.3, 0.4) is 0 Å². The highest BCUT2D eigenvalue weighted by atomic mass is 32.2. The zero-order valence-corrected chi connectivity index (χ0v) is 20.0. The highest BCUT2D eigenvalue weighted by Crippen LogP contribution is 2.47. The van der Waals surface area contributed by atoms with Crippen LogP contribution in [0.1, 0.15) is 17.5 Å². The lowest BCUT2D eigenvalue weighted by atomic mass is 10.0. The number of amides is 3. The van der Waals surface area contributed by atoms with Crippen LogP contribution in [0, 0.1) is 24.1 Å². The lowest BCUT2D eigenvalue weighted by molar-refractivity contribution is -0.119. The highest BCUT2D eigenvalue weighted by Gasteiger charge is 2.50. The van der Waals surface area contributed by atoms with Gasteiger partial charge in [0.1, 0.15) is 5.25 Å². The van der Waals surface area contributed by atoms with Crippen LogP contribution in [0.2, 0.25) is 0 Å². The predicted molar refractivity (Wildman–Crippen MR) is 129 cm³/mol. The molecular formula is C24H21FN6O3S. The third-order valence-electron chi connectivity index (χ3n) is 6.24. The Morgan fingerprint density at radius 1 is 1.26 bits per heavy atom. The quantitative estimate of drug-likeness (QED) is 0.536. The van der Waals surface area contributed by atoms with Crippen molar-refractivity contribution in [1.29, 1.82) is 5.26 Å². The minimum absolute atomic E-state index is 0.0984. The molecule has 0 aliphatic carbocycles. The molecule has 5 rings (SSSR count). The van der Waals surface area contributed by atoms with Gasteiger partial charge in [-0.15, -0.1) is 11.8 Å². The van der Waals surface area contributed by atoms with E-state index in [-0.39, 0.29) is 24.6 Å². The monoisotopic (exact) mass is 492 g/mol. The summed E-state index contributed by atoms with van der Waals surface area (Å²) in [7, 11) is 3.12. The minimum Gasteiger partial charge on any atom is -0.494 e. The SMILES string of the molecule is COc1cc(C2=CC3C(S2)C(=O)N(c2cncc4cnn(C)c24)C(=O)N3CCC#N)c(C)cc1F. The largest absolute Gasteiger partial charge is 0.494 e. The highest BCUT2D eigenvalue weighted by molar-refractivity contribution is 8.09. The number of hydrogen-bond donors (Lipinski definition) is 0. The third kappa shape index (κ3) is 3.61. The standard InChI is InChI=1S/C24H21FN6O3S/c1-13-7-16(25)19(34-3)8-15(13)20-9-17-22(35-20)23(32)31(24(33)30(17)6-4-5-26)18-12-27-10-14-11-28-29(2)21(14)18/h7-12,17,22H,4,6H2,1-3H3. The van der Waals surface area contributed by atoms with Gasteiger partial charge in [0.2, 0.25) is 0 Å². The van der Waals surface area contributed by atoms with Crippen LogP contribution in [-0.4, -0.2) is 56.5 Å². The van der Waals surface area contributed by atoms with E-state index in [1.54, 1.807) is 42.0 Å². The maximum absolute atomic E-state index is 14.2. The molecule has 4 heterocycles. The number of ether oxygens (including phenoxy) is 1. The molecule has 2 atom stereocenters. The maximum Gasteiger partial charge on any atom is 0.332 e. The van der Waals surface area contributed by atoms with Crippen LogP contribution in [-0.2, 0) is 11.8 Å². The molecule has 11 heteroatoms. The topological polar surface area (TPSA) is 104 Å². The number of fused-ring (bicyclic) bond motifs is 2. The average molecular weight is 493 g/mol. The molecule has 178 valence electrons. The summed E-state index contributed by atoms with van der Waals surface area (Å²) in [6.07, 6.45) is 6.68. The van der Waals surface area contributed by atoms with E-state index in [9.17, 15) is 19.2 Å². The van der Waals surface area contributed by atoms with Crippen molar-refractivity contribution in [2.24, 2.45) is 7.05 Å². The summed E-state index contributed by atoms with van der Waals surface area (Å²) in [6, 6.07) is 4.00. The summed E-state index contributed by atoms with van der Waals surface area (Å²) < 4.78 is 20.9. The van der Waals surface area contributed by atoms with E-state index in [1.165, 1.54) is 31.1 Å². The van der Waals surface area contributed by atoms with Gasteiger partial charge in [-0.2, -0.15) is 10.4 Å². The number of nitriles is 1. The zero-order chi connectivity index (χ0) is 24.9. The van der Waals surface area contributed by atoms with Gasteiger partial charge in [0.05, 0.1) is 49.2 Å². The first-order valence-electron chi connectivity index (χ1n) is 10.9. The normalized spacial score (nSPS) is 19.7. The molecule has 2 aliphatic heterocycles. The van der Waals surface area contributed by atoms with E-state index in [4.69, 9.17) is 4.74 Å². The summed E-state index contributed by atoms with van der Waals surface area (Å²) in [5.74, 6) is -0.757. The van der Waals surface area contributed by atoms with Crippen molar-refractivity contribution < 1.29 is 18.7 Å². The van der Waals surface area contributed by atoms with Crippen molar-refractivity contribution in [3.8, 4) is 11.8 Å². The van der Waals surface area contributed by atoms with Crippen LogP contribution in [0.4, 0.5) is 14.9 Å². The number of methoxy groups -OCH3 is 1. The van der Waals surface area contributed by atoms with Gasteiger partial charge in [0.25, 0.3) is 5.91 Å². The van der Waals surface area contributed by atoms with Gasteiger partial charge >= 0.3 is 6.03 Å². The predicted octanol–water partition coefficient (Wildman–Crippen LogP) is 3.63. The molecule has 3 amide bonds. The molecular weight excluding hydrogens is 471 g/mol. The molecule has 0 radical (unpaired) electrons. The fourth-order valence-corrected chi connectivity index (χ4v) is 5.97. The van der Waals surface area contributed by atoms with Crippen molar-refractivity contribution in [3.63, 3.8) is 0 Å². The number of thioether (sulfide) groups is 1. The first kappa shape index (κ1) is 22.9. The number of nitrogens with zero attached hydrogens (tertiary/aromatic N) is 6. The number of aryl methyl sites for hydroxylation is 2. The van der Waals surface area contributed by atoms with Crippen LogP contribution in [0.25, 0.3) is 15.8 Å². The first-order valence-corrected chi connectivity index (χ1v) is 11.7. The van der Waals surface area contributed by atoms with Gasteiger partial charge in [0, 0.05) is 30.1 Å². The molecule has 2 aromatic heterocycles. The second-order valence-electron chi connectivity index (χ2n) is 8.28. The molecule has 2 aliphatic rings. The summed E-state index contributed by atoms with van der Waals surface area (Å²) >= 11 is 1.32. The number of urea groups is 1. The Kier molecular flexibility index (Phi) is 5.68. The number of halogens is 1. The number of anilines is 1. The molecule has 0 saturated carbocycles. The van der Waals surface area contributed by atoms with Crippen LogP contribution < -0.4 is 9.64 Å². The van der Waals surface area contributed by atoms with E-state index >= 15 is 0 Å². The number of pyridine rings is 1. The lowest BCUT2D eigenvalue weighted by Gasteiger charge is -2.40. The Morgan fingerprint density at radius 2 is 2.06 bits per heavy atom. The van der Waals surface area contributed by atoms with E-state index in [0.717, 1.165) is 15.4 Å². The summed E-state index contributed by atoms with van der Waals surface area (Å²) in [6.45, 7) is 1.94. The Bertz CT molecular complexity index is 1450. The average Bonchev–Trinajstić information content (AvgIpc) is 3.44. The molecule has 9 nitrogen and oxygen atoms in total. The number of imide groups is 1. The number of carbonyl (C=O) groups excluding carboxylic acids is 2. The minimum atomic E-state index is -0.639. The van der Waals surface area contributed by atoms with Crippen LogP contribution in [0.5, 0.6) is 5.75 Å². The van der Waals surface area contributed by atoms with Gasteiger partial charge in [-0.1, -0.05) is 0 Å². The zero-order valence-electron chi connectivity index (χ0n) is 19.2. The van der Waals surface area contributed by atoms with E-state index in [2.05, 4.69) is 16.2 Å². The second kappa shape index (κ2) is 8.70. The molecule has 0 bridgehead atoms. The molecule has 1 saturated heterocycles. The number of rotatable bonds is 5. The summed E-state index contributed by atoms with van der Waals surface area (Å²) in [5, 5.41) is 13.5. The Labute approximate surface area is 204 Å². The van der Waals surface area contributed by atoms with Crippen molar-refractivity contribution in [2.45, 2.75) is 24.6 Å². The Hall–Kier alpha value is -3.91. The number of aromatic nitrogens is 3. The molecule has 1 aromatic carbocycles. The molecule has 1 fully saturated rings. The van der Waals surface area contributed by atoms with Crippen molar-refractivity contribution >= 4 is 45.2 Å². The third-order valence-corrected chi connectivity index (χ3v) is 7.58. The van der Waals surface area contributed by atoms with Gasteiger partial charge in [-0.3, -0.25) is 14.5 Å². The number of carbonyl (C=O) groups is 2. The Balaban J connectivity index is 1.59. The van der Waals surface area contributed by atoms with Crippen LogP contribution >= 0.6 is 11.8 Å². The second-order valence-corrected chi connectivity index (χ2v) is 9.47. The molecule has 0 N–H and O–H groups in total. The summed E-state index contributed by atoms with van der Waals surface area (Å²) in [5.41, 5.74) is 2.36. The molecule has 35 heavy (non-hydrogen) atoms. The molecule has 2 unspecified atom stereocenters. The first-order chi connectivity index (χ1) is 16.8. The van der Waals surface area contributed by atoms with E-state index in [0.29, 0.717) is 22.2 Å². The van der Waals surface area contributed by atoms with Crippen molar-refractivity contribution in [3.05, 3.63) is 53.7 Å². The molecule has 3 aromatic rings. The van der Waals surface area contributed by atoms with E-state index in [1.807, 2.05) is 6.08 Å². The number of hydrogen-bond acceptors (Lipinski definition) is 7. The van der Waals surface area contributed by atoms with Crippen molar-refractivity contribution in [1.82, 2.24) is 19.7 Å². The summed E-state index contributed by atoms with van der Waals surface area (Å²) in [4.78, 5) is 35.1. The van der Waals surface area contributed by atoms with E-state index < -0.39 is 23.1 Å². The lowest BCUT2D eigenvalue weighted by Crippen LogP contribution is -2.62. The van der Waals surface area contributed by atoms with Gasteiger partial charge in [0.15, 0.2) is 11.6 Å². The van der Waals surface area contributed by atoms with Gasteiger partial charge in [-0.25, -0.2) is 14.1 Å². The number of benzene rings is 1. The maximum atomic E-state index is 14.2. The van der Waals surface area contributed by atoms with Gasteiger partial charge in [-0.05, 0) is 36.3 Å². The Morgan fingerprint density at radius 3 is 2.80 bits per heavy atom. The van der Waals surface area contributed by atoms with Gasteiger partial charge < -0.3 is 9.64 Å². The molecule has 0 spiro atoms. The van der Waals surface area contributed by atoms with Crippen LogP contribution in [0.15, 0.2) is 36.8 Å².